The number of pyridine rings is 1. The third kappa shape index (κ3) is 2.51. The number of anilines is 1. The highest BCUT2D eigenvalue weighted by Crippen LogP contribution is 2.08. The maximum absolute atomic E-state index is 11.5. The lowest BCUT2D eigenvalue weighted by atomic mass is 10.4. The normalized spacial score (nSPS) is 10.0. The van der Waals surface area contributed by atoms with E-state index in [2.05, 4.69) is 14.9 Å². The van der Waals surface area contributed by atoms with Gasteiger partial charge in [0.05, 0.1) is 6.20 Å². The van der Waals surface area contributed by atoms with Crippen molar-refractivity contribution in [3.8, 4) is 0 Å². The van der Waals surface area contributed by atoms with Crippen molar-refractivity contribution < 1.29 is 4.79 Å². The number of hydrogen-bond acceptors (Lipinski definition) is 5. The average molecular weight is 236 g/mol. The molecule has 0 saturated heterocycles. The van der Waals surface area contributed by atoms with Crippen molar-refractivity contribution in [2.45, 2.75) is 6.54 Å². The van der Waals surface area contributed by atoms with Gasteiger partial charge in [0.1, 0.15) is 11.5 Å². The molecule has 0 aliphatic rings. The van der Waals surface area contributed by atoms with Crippen LogP contribution in [0.25, 0.3) is 0 Å². The van der Waals surface area contributed by atoms with Gasteiger partial charge in [-0.25, -0.2) is 0 Å². The van der Waals surface area contributed by atoms with Gasteiger partial charge in [0.25, 0.3) is 5.56 Å². The van der Waals surface area contributed by atoms with Gasteiger partial charge < -0.3 is 9.88 Å². The minimum Gasteiger partial charge on any atom is -0.314 e. The Morgan fingerprint density at radius 2 is 2.38 bits per heavy atom. The van der Waals surface area contributed by atoms with Gasteiger partial charge in [-0.1, -0.05) is 10.6 Å². The van der Waals surface area contributed by atoms with E-state index in [1.54, 1.807) is 18.3 Å². The van der Waals surface area contributed by atoms with Crippen molar-refractivity contribution in [2.24, 2.45) is 0 Å². The van der Waals surface area contributed by atoms with Crippen LogP contribution in [0.1, 0.15) is 0 Å². The zero-order valence-electron chi connectivity index (χ0n) is 8.16. The number of aromatic nitrogens is 3. The molecule has 2 rings (SSSR count). The van der Waals surface area contributed by atoms with E-state index in [1.165, 1.54) is 16.8 Å². The van der Waals surface area contributed by atoms with Crippen LogP contribution in [-0.2, 0) is 11.3 Å². The average Bonchev–Trinajstić information content (AvgIpc) is 2.74. The van der Waals surface area contributed by atoms with Crippen LogP contribution in [0.15, 0.2) is 35.4 Å². The fourth-order valence-corrected chi connectivity index (χ4v) is 1.58. The van der Waals surface area contributed by atoms with Crippen LogP contribution in [0, 0.1) is 0 Å². The first-order valence-electron chi connectivity index (χ1n) is 4.48. The Bertz CT molecular complexity index is 534. The molecule has 0 unspecified atom stereocenters. The van der Waals surface area contributed by atoms with Gasteiger partial charge in [0, 0.05) is 23.8 Å². The Labute approximate surface area is 94.7 Å². The molecule has 0 spiro atoms. The second-order valence-electron chi connectivity index (χ2n) is 3.00. The number of carbonyl (C=O) groups is 1. The molecule has 2 aromatic heterocycles. The molecule has 0 aliphatic carbocycles. The predicted molar refractivity (Wildman–Crippen MR) is 59.2 cm³/mol. The van der Waals surface area contributed by atoms with Crippen LogP contribution in [-0.4, -0.2) is 20.1 Å². The predicted octanol–water partition coefficient (Wildman–Crippen LogP) is 0.338. The first-order valence-corrected chi connectivity index (χ1v) is 5.26. The zero-order chi connectivity index (χ0) is 11.4. The largest absolute Gasteiger partial charge is 0.314 e. The lowest BCUT2D eigenvalue weighted by Gasteiger charge is -2.03. The van der Waals surface area contributed by atoms with E-state index in [0.29, 0.717) is 5.00 Å². The Balaban J connectivity index is 2.03. The van der Waals surface area contributed by atoms with Gasteiger partial charge in [0.15, 0.2) is 0 Å². The number of nitrogens with zero attached hydrogens (tertiary/aromatic N) is 3. The highest BCUT2D eigenvalue weighted by molar-refractivity contribution is 7.10. The van der Waals surface area contributed by atoms with Gasteiger partial charge >= 0.3 is 0 Å². The molecule has 16 heavy (non-hydrogen) atoms. The van der Waals surface area contributed by atoms with Gasteiger partial charge in [-0.2, -0.15) is 0 Å². The summed E-state index contributed by atoms with van der Waals surface area (Å²) in [7, 11) is 0. The van der Waals surface area contributed by atoms with Gasteiger partial charge in [-0.05, 0) is 6.07 Å². The fourth-order valence-electron chi connectivity index (χ4n) is 1.15. The molecule has 1 N–H and O–H groups in total. The van der Waals surface area contributed by atoms with Crippen molar-refractivity contribution >= 4 is 22.4 Å². The number of nitrogens with one attached hydrogen (secondary N) is 1. The molecule has 0 aromatic carbocycles. The first kappa shape index (κ1) is 10.5. The highest BCUT2D eigenvalue weighted by Gasteiger charge is 2.05. The van der Waals surface area contributed by atoms with Crippen LogP contribution in [0.5, 0.6) is 0 Å². The van der Waals surface area contributed by atoms with Crippen molar-refractivity contribution in [3.05, 3.63) is 40.9 Å². The number of amides is 1. The van der Waals surface area contributed by atoms with E-state index >= 15 is 0 Å². The Hall–Kier alpha value is -2.02. The van der Waals surface area contributed by atoms with Crippen molar-refractivity contribution in [1.82, 2.24) is 14.2 Å². The standard InChI is InChI=1S/C9H8N4O2S/c14-7(11-8-5-10-12-16-8)6-13-4-2-1-3-9(13)15/h1-5H,6H2,(H,11,14). The maximum atomic E-state index is 11.5. The SMILES string of the molecule is O=C(Cn1ccccc1=O)Nc1cnns1. The summed E-state index contributed by atoms with van der Waals surface area (Å²) in [4.78, 5) is 22.8. The lowest BCUT2D eigenvalue weighted by molar-refractivity contribution is -0.116. The molecule has 0 saturated carbocycles. The lowest BCUT2D eigenvalue weighted by Crippen LogP contribution is -2.26. The molecule has 0 fully saturated rings. The Kier molecular flexibility index (Phi) is 3.06. The van der Waals surface area contributed by atoms with Crippen LogP contribution in [0.3, 0.4) is 0 Å². The van der Waals surface area contributed by atoms with E-state index in [1.807, 2.05) is 0 Å². The molecule has 0 aliphatic heterocycles. The third-order valence-electron chi connectivity index (χ3n) is 1.84. The molecule has 0 bridgehead atoms. The van der Waals surface area contributed by atoms with Crippen molar-refractivity contribution in [2.75, 3.05) is 5.32 Å². The summed E-state index contributed by atoms with van der Waals surface area (Å²) in [5.74, 6) is -0.278. The van der Waals surface area contributed by atoms with E-state index < -0.39 is 0 Å². The highest BCUT2D eigenvalue weighted by atomic mass is 32.1. The molecule has 2 heterocycles. The summed E-state index contributed by atoms with van der Waals surface area (Å²) in [5, 5.41) is 6.74. The van der Waals surface area contributed by atoms with Crippen LogP contribution >= 0.6 is 11.5 Å². The Morgan fingerprint density at radius 1 is 1.50 bits per heavy atom. The van der Waals surface area contributed by atoms with E-state index in [4.69, 9.17) is 0 Å². The first-order chi connectivity index (χ1) is 7.75. The van der Waals surface area contributed by atoms with E-state index in [9.17, 15) is 9.59 Å². The minimum absolute atomic E-state index is 0.0163. The van der Waals surface area contributed by atoms with Gasteiger partial charge in [-0.15, -0.1) is 5.10 Å². The fraction of sp³-hybridized carbons (Fsp3) is 0.111. The summed E-state index contributed by atoms with van der Waals surface area (Å²) in [5.41, 5.74) is -0.208. The molecular formula is C9H8N4O2S. The smallest absolute Gasteiger partial charge is 0.250 e. The zero-order valence-corrected chi connectivity index (χ0v) is 8.98. The summed E-state index contributed by atoms with van der Waals surface area (Å²) >= 11 is 1.09. The number of hydrogen-bond donors (Lipinski definition) is 1. The van der Waals surface area contributed by atoms with Gasteiger partial charge in [0.2, 0.25) is 5.91 Å². The Morgan fingerprint density at radius 3 is 3.06 bits per heavy atom. The molecule has 1 amide bonds. The number of rotatable bonds is 3. The molecular weight excluding hydrogens is 228 g/mol. The second-order valence-corrected chi connectivity index (χ2v) is 3.78. The van der Waals surface area contributed by atoms with Crippen molar-refractivity contribution in [3.63, 3.8) is 0 Å². The van der Waals surface area contributed by atoms with Crippen LogP contribution in [0.4, 0.5) is 5.00 Å². The van der Waals surface area contributed by atoms with Crippen LogP contribution in [0.2, 0.25) is 0 Å². The molecule has 0 radical (unpaired) electrons. The van der Waals surface area contributed by atoms with Gasteiger partial charge in [-0.3, -0.25) is 9.59 Å². The summed E-state index contributed by atoms with van der Waals surface area (Å²) < 4.78 is 4.93. The molecule has 6 nitrogen and oxygen atoms in total. The summed E-state index contributed by atoms with van der Waals surface area (Å²) in [6, 6.07) is 4.73. The minimum atomic E-state index is -0.278. The quantitative estimate of drug-likeness (QED) is 0.833. The number of carbonyl (C=O) groups excluding carboxylic acids is 1. The van der Waals surface area contributed by atoms with Crippen LogP contribution < -0.4 is 10.9 Å². The van der Waals surface area contributed by atoms with Crippen molar-refractivity contribution in [1.29, 1.82) is 0 Å². The monoisotopic (exact) mass is 236 g/mol. The molecule has 0 atom stereocenters. The third-order valence-corrected chi connectivity index (χ3v) is 2.42. The summed E-state index contributed by atoms with van der Waals surface area (Å²) in [6.07, 6.45) is 3.02. The van der Waals surface area contributed by atoms with E-state index in [-0.39, 0.29) is 18.0 Å². The molecule has 82 valence electrons. The second kappa shape index (κ2) is 4.67. The summed E-state index contributed by atoms with van der Waals surface area (Å²) in [6.45, 7) is -0.0163. The van der Waals surface area contributed by atoms with E-state index in [0.717, 1.165) is 11.5 Å². The molecule has 7 heteroatoms. The maximum Gasteiger partial charge on any atom is 0.250 e. The molecule has 2 aromatic rings. The topological polar surface area (TPSA) is 76.9 Å².